The van der Waals surface area contributed by atoms with Crippen molar-refractivity contribution in [2.75, 3.05) is 13.1 Å². The summed E-state index contributed by atoms with van der Waals surface area (Å²) in [5.74, 6) is 0. The molecular formula is C9H17NO3S. The molecule has 2 fully saturated rings. The molecule has 0 radical (unpaired) electrons. The lowest BCUT2D eigenvalue weighted by Gasteiger charge is -2.30. The smallest absolute Gasteiger partial charge is 0.217 e. The average molecular weight is 219 g/mol. The minimum atomic E-state index is -3.10. The van der Waals surface area contributed by atoms with Gasteiger partial charge >= 0.3 is 0 Å². The molecule has 2 aliphatic rings. The van der Waals surface area contributed by atoms with Crippen molar-refractivity contribution in [1.29, 1.82) is 0 Å². The number of hydrogen-bond donors (Lipinski definition) is 1. The number of hydrogen-bond acceptors (Lipinski definition) is 3. The molecule has 4 nitrogen and oxygen atoms in total. The molecule has 1 N–H and O–H groups in total. The second kappa shape index (κ2) is 3.18. The molecule has 2 rings (SSSR count). The van der Waals surface area contributed by atoms with Crippen LogP contribution in [0.2, 0.25) is 0 Å². The van der Waals surface area contributed by atoms with E-state index in [1.165, 1.54) is 4.31 Å². The Morgan fingerprint density at radius 3 is 2.43 bits per heavy atom. The van der Waals surface area contributed by atoms with Gasteiger partial charge in [-0.25, -0.2) is 8.42 Å². The van der Waals surface area contributed by atoms with E-state index in [1.807, 2.05) is 0 Å². The molecule has 0 aromatic heterocycles. The number of aliphatic hydroxyl groups is 1. The summed E-state index contributed by atoms with van der Waals surface area (Å²) in [5.41, 5.74) is -0.823. The second-order valence-corrected chi connectivity index (χ2v) is 6.89. The molecule has 1 atom stereocenters. The van der Waals surface area contributed by atoms with Gasteiger partial charge in [-0.3, -0.25) is 0 Å². The first-order valence-electron chi connectivity index (χ1n) is 5.13. The zero-order valence-electron chi connectivity index (χ0n) is 8.44. The monoisotopic (exact) mass is 219 g/mol. The Kier molecular flexibility index (Phi) is 2.36. The van der Waals surface area contributed by atoms with Crippen LogP contribution < -0.4 is 0 Å². The third-order valence-corrected chi connectivity index (χ3v) is 5.60. The summed E-state index contributed by atoms with van der Waals surface area (Å²) in [6, 6.07) is 0. The highest BCUT2D eigenvalue weighted by molar-refractivity contribution is 7.89. The van der Waals surface area contributed by atoms with Gasteiger partial charge in [-0.2, -0.15) is 4.31 Å². The van der Waals surface area contributed by atoms with E-state index < -0.39 is 15.6 Å². The van der Waals surface area contributed by atoms with Crippen molar-refractivity contribution in [3.63, 3.8) is 0 Å². The van der Waals surface area contributed by atoms with Crippen LogP contribution in [0.1, 0.15) is 32.6 Å². The summed E-state index contributed by atoms with van der Waals surface area (Å²) in [7, 11) is -3.10. The molecular weight excluding hydrogens is 202 g/mol. The summed E-state index contributed by atoms with van der Waals surface area (Å²) in [6.45, 7) is 2.45. The van der Waals surface area contributed by atoms with Crippen molar-refractivity contribution in [3.8, 4) is 0 Å². The van der Waals surface area contributed by atoms with Crippen LogP contribution in [0.4, 0.5) is 0 Å². The van der Waals surface area contributed by atoms with Crippen molar-refractivity contribution < 1.29 is 13.5 Å². The predicted octanol–water partition coefficient (Wildman–Crippen LogP) is 0.325. The van der Waals surface area contributed by atoms with Crippen LogP contribution >= 0.6 is 0 Å². The highest BCUT2D eigenvalue weighted by Gasteiger charge is 2.42. The first-order valence-corrected chi connectivity index (χ1v) is 6.63. The zero-order valence-corrected chi connectivity index (χ0v) is 9.26. The summed E-state index contributed by atoms with van der Waals surface area (Å²) in [6.07, 6.45) is 3.16. The Balaban J connectivity index is 2.09. The lowest BCUT2D eigenvalue weighted by Crippen LogP contribution is -2.42. The van der Waals surface area contributed by atoms with E-state index in [4.69, 9.17) is 0 Å². The Morgan fingerprint density at radius 2 is 2.07 bits per heavy atom. The molecule has 1 aliphatic heterocycles. The van der Waals surface area contributed by atoms with E-state index in [2.05, 4.69) is 0 Å². The maximum absolute atomic E-state index is 11.9. The standard InChI is InChI=1S/C9H17NO3S/c1-9(11)5-6-10(7-9)14(12,13)8-3-2-4-8/h8,11H,2-7H2,1H3/t9-/m0/s1. The fourth-order valence-corrected chi connectivity index (χ4v) is 4.15. The maximum Gasteiger partial charge on any atom is 0.217 e. The summed E-state index contributed by atoms with van der Waals surface area (Å²) >= 11 is 0. The van der Waals surface area contributed by atoms with Crippen LogP contribution in [0, 0.1) is 0 Å². The Hall–Kier alpha value is -0.130. The van der Waals surface area contributed by atoms with Gasteiger partial charge in [0.2, 0.25) is 10.0 Å². The molecule has 0 aromatic rings. The van der Waals surface area contributed by atoms with Crippen molar-refractivity contribution in [1.82, 2.24) is 4.31 Å². The maximum atomic E-state index is 11.9. The lowest BCUT2D eigenvalue weighted by atomic mass is 10.0. The first-order chi connectivity index (χ1) is 6.42. The average Bonchev–Trinajstić information content (AvgIpc) is 2.25. The highest BCUT2D eigenvalue weighted by Crippen LogP contribution is 2.32. The molecule has 1 saturated heterocycles. The summed E-state index contributed by atoms with van der Waals surface area (Å²) in [4.78, 5) is 0. The van der Waals surface area contributed by atoms with Gasteiger partial charge in [-0.05, 0) is 26.2 Å². The van der Waals surface area contributed by atoms with Gasteiger partial charge in [-0.1, -0.05) is 6.42 Å². The number of rotatable bonds is 2. The largest absolute Gasteiger partial charge is 0.389 e. The topological polar surface area (TPSA) is 57.6 Å². The summed E-state index contributed by atoms with van der Waals surface area (Å²) in [5, 5.41) is 9.52. The van der Waals surface area contributed by atoms with Crippen LogP contribution in [0.15, 0.2) is 0 Å². The number of β-amino-alcohol motifs (C(OH)–C–C–N with tert-alkyl or cyclic N) is 1. The fraction of sp³-hybridized carbons (Fsp3) is 1.00. The molecule has 14 heavy (non-hydrogen) atoms. The molecule has 5 heteroatoms. The van der Waals surface area contributed by atoms with Crippen molar-refractivity contribution >= 4 is 10.0 Å². The van der Waals surface area contributed by atoms with Crippen LogP contribution in [0.3, 0.4) is 0 Å². The molecule has 1 saturated carbocycles. The van der Waals surface area contributed by atoms with Crippen LogP contribution in [-0.4, -0.2) is 41.8 Å². The Labute approximate surface area is 85.0 Å². The molecule has 0 bridgehead atoms. The third kappa shape index (κ3) is 1.68. The van der Waals surface area contributed by atoms with Gasteiger partial charge in [0.25, 0.3) is 0 Å². The Bertz CT molecular complexity index is 319. The predicted molar refractivity (Wildman–Crippen MR) is 53.4 cm³/mol. The molecule has 1 heterocycles. The molecule has 82 valence electrons. The quantitative estimate of drug-likeness (QED) is 0.728. The lowest BCUT2D eigenvalue weighted by molar-refractivity contribution is 0.0761. The van der Waals surface area contributed by atoms with Crippen molar-refractivity contribution in [2.24, 2.45) is 0 Å². The fourth-order valence-electron chi connectivity index (χ4n) is 2.00. The van der Waals surface area contributed by atoms with Gasteiger partial charge in [0, 0.05) is 13.1 Å². The van der Waals surface area contributed by atoms with E-state index in [0.29, 0.717) is 13.0 Å². The van der Waals surface area contributed by atoms with Crippen LogP contribution in [0.25, 0.3) is 0 Å². The van der Waals surface area contributed by atoms with Gasteiger partial charge < -0.3 is 5.11 Å². The van der Waals surface area contributed by atoms with E-state index >= 15 is 0 Å². The molecule has 0 aromatic carbocycles. The molecule has 0 amide bonds. The van der Waals surface area contributed by atoms with E-state index in [-0.39, 0.29) is 11.8 Å². The van der Waals surface area contributed by atoms with E-state index in [1.54, 1.807) is 6.92 Å². The second-order valence-electron chi connectivity index (χ2n) is 4.68. The van der Waals surface area contributed by atoms with E-state index in [0.717, 1.165) is 19.3 Å². The van der Waals surface area contributed by atoms with Gasteiger partial charge in [0.1, 0.15) is 0 Å². The van der Waals surface area contributed by atoms with Crippen molar-refractivity contribution in [3.05, 3.63) is 0 Å². The first kappa shape index (κ1) is 10.4. The van der Waals surface area contributed by atoms with Gasteiger partial charge in [0.15, 0.2) is 0 Å². The molecule has 0 unspecified atom stereocenters. The van der Waals surface area contributed by atoms with Crippen LogP contribution in [0.5, 0.6) is 0 Å². The Morgan fingerprint density at radius 1 is 1.43 bits per heavy atom. The van der Waals surface area contributed by atoms with Gasteiger partial charge in [-0.15, -0.1) is 0 Å². The minimum Gasteiger partial charge on any atom is -0.389 e. The molecule has 1 aliphatic carbocycles. The number of sulfonamides is 1. The van der Waals surface area contributed by atoms with Crippen molar-refractivity contribution in [2.45, 2.75) is 43.5 Å². The van der Waals surface area contributed by atoms with Crippen LogP contribution in [-0.2, 0) is 10.0 Å². The normalized spacial score (nSPS) is 35.9. The van der Waals surface area contributed by atoms with E-state index in [9.17, 15) is 13.5 Å². The van der Waals surface area contributed by atoms with Gasteiger partial charge in [0.05, 0.1) is 10.9 Å². The summed E-state index contributed by atoms with van der Waals surface area (Å²) < 4.78 is 25.3. The SMILES string of the molecule is C[C@]1(O)CCN(S(=O)(=O)C2CCC2)C1. The highest BCUT2D eigenvalue weighted by atomic mass is 32.2. The third-order valence-electron chi connectivity index (χ3n) is 3.25. The minimum absolute atomic E-state index is 0.170. The number of nitrogens with zero attached hydrogens (tertiary/aromatic N) is 1. The zero-order chi connectivity index (χ0) is 10.4. The molecule has 0 spiro atoms.